The molecule has 4 rings (SSSR count). The summed E-state index contributed by atoms with van der Waals surface area (Å²) in [4.78, 5) is 33.7. The van der Waals surface area contributed by atoms with Gasteiger partial charge in [0.25, 0.3) is 5.56 Å². The van der Waals surface area contributed by atoms with Crippen LogP contribution in [-0.4, -0.2) is 26.2 Å². The SMILES string of the molecule is CCc1ccc(-c2noc(CN(CC)c3c(N)n(Cc4ccccc4)c(=O)[nH]c3=O)n2)cc1. The van der Waals surface area contributed by atoms with Gasteiger partial charge in [-0.15, -0.1) is 0 Å². The molecule has 0 aliphatic carbocycles. The van der Waals surface area contributed by atoms with E-state index in [0.29, 0.717) is 18.3 Å². The molecule has 2 heterocycles. The third-order valence-corrected chi connectivity index (χ3v) is 5.51. The van der Waals surface area contributed by atoms with Crippen molar-refractivity contribution in [3.05, 3.63) is 92.5 Å². The predicted molar refractivity (Wildman–Crippen MR) is 127 cm³/mol. The monoisotopic (exact) mass is 446 g/mol. The summed E-state index contributed by atoms with van der Waals surface area (Å²) < 4.78 is 6.78. The van der Waals surface area contributed by atoms with E-state index in [4.69, 9.17) is 10.3 Å². The van der Waals surface area contributed by atoms with Gasteiger partial charge in [-0.2, -0.15) is 4.98 Å². The minimum Gasteiger partial charge on any atom is -0.383 e. The number of hydrogen-bond acceptors (Lipinski definition) is 7. The minimum absolute atomic E-state index is 0.0874. The van der Waals surface area contributed by atoms with E-state index in [1.54, 1.807) is 4.90 Å². The number of aromatic nitrogens is 4. The minimum atomic E-state index is -0.559. The number of aromatic amines is 1. The van der Waals surface area contributed by atoms with Crippen LogP contribution in [-0.2, 0) is 19.5 Å². The smallest absolute Gasteiger partial charge is 0.330 e. The van der Waals surface area contributed by atoms with Crippen LogP contribution in [0.1, 0.15) is 30.9 Å². The van der Waals surface area contributed by atoms with Crippen LogP contribution in [0.4, 0.5) is 11.5 Å². The van der Waals surface area contributed by atoms with Gasteiger partial charge >= 0.3 is 5.69 Å². The second kappa shape index (κ2) is 9.56. The second-order valence-electron chi connectivity index (χ2n) is 7.64. The van der Waals surface area contributed by atoms with Crippen LogP contribution in [0.3, 0.4) is 0 Å². The van der Waals surface area contributed by atoms with Gasteiger partial charge in [0.2, 0.25) is 11.7 Å². The largest absolute Gasteiger partial charge is 0.383 e. The normalized spacial score (nSPS) is 11.0. The van der Waals surface area contributed by atoms with Crippen molar-refractivity contribution in [2.75, 3.05) is 17.2 Å². The molecule has 0 spiro atoms. The lowest BCUT2D eigenvalue weighted by Gasteiger charge is -2.23. The number of nitrogens with two attached hydrogens (primary N) is 1. The van der Waals surface area contributed by atoms with Gasteiger partial charge in [0.05, 0.1) is 13.1 Å². The Labute approximate surface area is 190 Å². The van der Waals surface area contributed by atoms with Gasteiger partial charge < -0.3 is 15.2 Å². The van der Waals surface area contributed by atoms with Crippen LogP contribution in [0.25, 0.3) is 11.4 Å². The zero-order valence-electron chi connectivity index (χ0n) is 18.6. The van der Waals surface area contributed by atoms with Crippen molar-refractivity contribution < 1.29 is 4.52 Å². The lowest BCUT2D eigenvalue weighted by atomic mass is 10.1. The van der Waals surface area contributed by atoms with Crippen molar-refractivity contribution in [3.63, 3.8) is 0 Å². The average Bonchev–Trinajstić information content (AvgIpc) is 3.30. The first-order valence-electron chi connectivity index (χ1n) is 10.8. The quantitative estimate of drug-likeness (QED) is 0.427. The van der Waals surface area contributed by atoms with E-state index in [1.165, 1.54) is 10.1 Å². The Hall–Kier alpha value is -4.14. The molecule has 0 unspecified atom stereocenters. The lowest BCUT2D eigenvalue weighted by Crippen LogP contribution is -2.38. The number of nitrogens with zero attached hydrogens (tertiary/aromatic N) is 4. The summed E-state index contributed by atoms with van der Waals surface area (Å²) in [6.45, 7) is 4.84. The Bertz CT molecular complexity index is 1340. The Morgan fingerprint density at radius 2 is 1.76 bits per heavy atom. The van der Waals surface area contributed by atoms with Crippen LogP contribution in [0.15, 0.2) is 68.7 Å². The van der Waals surface area contributed by atoms with Gasteiger partial charge in [-0.1, -0.05) is 66.7 Å². The van der Waals surface area contributed by atoms with Gasteiger partial charge in [0, 0.05) is 12.1 Å². The highest BCUT2D eigenvalue weighted by atomic mass is 16.5. The number of benzene rings is 2. The third kappa shape index (κ3) is 4.72. The molecule has 0 aliphatic heterocycles. The first-order chi connectivity index (χ1) is 16.0. The Balaban J connectivity index is 1.62. The summed E-state index contributed by atoms with van der Waals surface area (Å²) in [5.41, 5.74) is 8.36. The summed E-state index contributed by atoms with van der Waals surface area (Å²) in [5.74, 6) is 0.898. The van der Waals surface area contributed by atoms with Gasteiger partial charge in [-0.25, -0.2) is 4.79 Å². The van der Waals surface area contributed by atoms with E-state index in [9.17, 15) is 9.59 Å². The van der Waals surface area contributed by atoms with Crippen LogP contribution in [0.2, 0.25) is 0 Å². The molecule has 170 valence electrons. The number of H-pyrrole nitrogens is 1. The van der Waals surface area contributed by atoms with Crippen LogP contribution in [0.5, 0.6) is 0 Å². The fourth-order valence-electron chi connectivity index (χ4n) is 3.64. The number of rotatable bonds is 8. The molecule has 0 amide bonds. The number of aryl methyl sites for hydroxylation is 1. The van der Waals surface area contributed by atoms with Crippen molar-refractivity contribution >= 4 is 11.5 Å². The zero-order valence-corrected chi connectivity index (χ0v) is 18.6. The molecule has 0 radical (unpaired) electrons. The van der Waals surface area contributed by atoms with Gasteiger partial charge in [-0.3, -0.25) is 14.3 Å². The molecule has 9 nitrogen and oxygen atoms in total. The summed E-state index contributed by atoms with van der Waals surface area (Å²) in [6, 6.07) is 17.4. The molecule has 0 saturated carbocycles. The molecule has 0 saturated heterocycles. The highest BCUT2D eigenvalue weighted by Crippen LogP contribution is 2.21. The molecule has 0 atom stereocenters. The average molecular weight is 447 g/mol. The van der Waals surface area contributed by atoms with Crippen LogP contribution < -0.4 is 21.9 Å². The Kier molecular flexibility index (Phi) is 6.39. The molecule has 0 fully saturated rings. The topological polar surface area (TPSA) is 123 Å². The van der Waals surface area contributed by atoms with E-state index in [2.05, 4.69) is 22.0 Å². The standard InChI is InChI=1S/C24H26N6O3/c1-3-16-10-12-18(13-11-16)22-26-19(33-28-22)15-29(4-2)20-21(25)30(24(32)27-23(20)31)14-17-8-6-5-7-9-17/h5-13H,3-4,14-15,25H2,1-2H3,(H,27,31,32). The van der Waals surface area contributed by atoms with Crippen molar-refractivity contribution in [2.24, 2.45) is 0 Å². The van der Waals surface area contributed by atoms with Crippen molar-refractivity contribution in [1.82, 2.24) is 19.7 Å². The molecule has 4 aromatic rings. The fraction of sp³-hybridized carbons (Fsp3) is 0.250. The molecule has 0 aliphatic rings. The molecular weight excluding hydrogens is 420 g/mol. The van der Waals surface area contributed by atoms with Gasteiger partial charge in [-0.05, 0) is 24.5 Å². The number of nitrogen functional groups attached to an aromatic ring is 1. The maximum absolute atomic E-state index is 12.7. The summed E-state index contributed by atoms with van der Waals surface area (Å²) in [7, 11) is 0. The second-order valence-corrected chi connectivity index (χ2v) is 7.64. The highest BCUT2D eigenvalue weighted by molar-refractivity contribution is 5.62. The first-order valence-corrected chi connectivity index (χ1v) is 10.8. The first kappa shape index (κ1) is 22.1. The molecular formula is C24H26N6O3. The third-order valence-electron chi connectivity index (χ3n) is 5.51. The Morgan fingerprint density at radius 1 is 1.03 bits per heavy atom. The predicted octanol–water partition coefficient (Wildman–Crippen LogP) is 2.81. The van der Waals surface area contributed by atoms with Gasteiger partial charge in [0.15, 0.2) is 0 Å². The van der Waals surface area contributed by atoms with E-state index >= 15 is 0 Å². The van der Waals surface area contributed by atoms with Crippen LogP contribution >= 0.6 is 0 Å². The maximum Gasteiger partial charge on any atom is 0.330 e. The molecule has 2 aromatic carbocycles. The van der Waals surface area contributed by atoms with E-state index in [1.807, 2.05) is 61.5 Å². The van der Waals surface area contributed by atoms with Crippen molar-refractivity contribution in [3.8, 4) is 11.4 Å². The van der Waals surface area contributed by atoms with E-state index in [-0.39, 0.29) is 24.6 Å². The number of anilines is 2. The molecule has 9 heteroatoms. The van der Waals surface area contributed by atoms with Crippen molar-refractivity contribution in [1.29, 1.82) is 0 Å². The summed E-state index contributed by atoms with van der Waals surface area (Å²) in [6.07, 6.45) is 0.950. The fourth-order valence-corrected chi connectivity index (χ4v) is 3.64. The highest BCUT2D eigenvalue weighted by Gasteiger charge is 2.20. The molecule has 3 N–H and O–H groups in total. The number of hydrogen-bond donors (Lipinski definition) is 2. The molecule has 2 aromatic heterocycles. The lowest BCUT2D eigenvalue weighted by molar-refractivity contribution is 0.377. The van der Waals surface area contributed by atoms with Gasteiger partial charge in [0.1, 0.15) is 11.5 Å². The maximum atomic E-state index is 12.7. The summed E-state index contributed by atoms with van der Waals surface area (Å²) in [5, 5.41) is 4.07. The van der Waals surface area contributed by atoms with E-state index < -0.39 is 11.2 Å². The molecule has 33 heavy (non-hydrogen) atoms. The zero-order chi connectivity index (χ0) is 23.4. The number of nitrogens with one attached hydrogen (secondary N) is 1. The van der Waals surface area contributed by atoms with Crippen molar-refractivity contribution in [2.45, 2.75) is 33.4 Å². The van der Waals surface area contributed by atoms with E-state index in [0.717, 1.165) is 17.5 Å². The molecule has 0 bridgehead atoms. The Morgan fingerprint density at radius 3 is 2.42 bits per heavy atom. The summed E-state index contributed by atoms with van der Waals surface area (Å²) >= 11 is 0. The van der Waals surface area contributed by atoms with Crippen LogP contribution in [0, 0.1) is 0 Å².